The van der Waals surface area contributed by atoms with Gasteiger partial charge in [-0.2, -0.15) is 0 Å². The number of nitrogens with two attached hydrogens (primary N) is 1. The molecule has 2 saturated heterocycles. The second-order valence-corrected chi connectivity index (χ2v) is 23.5. The molecule has 2 fully saturated rings. The largest absolute Gasteiger partial charge is 0.486 e. The van der Waals surface area contributed by atoms with E-state index in [-0.39, 0.29) is 41.4 Å². The molecule has 20 heteroatoms. The van der Waals surface area contributed by atoms with Crippen LogP contribution in [-0.4, -0.2) is 142 Å². The number of rotatable bonds is 14. The van der Waals surface area contributed by atoms with Crippen molar-refractivity contribution in [3.05, 3.63) is 129 Å². The number of fused-ring (bicyclic) bond motifs is 4. The summed E-state index contributed by atoms with van der Waals surface area (Å²) in [6, 6.07) is 29.4. The molecule has 20 nitrogen and oxygen atoms in total. The van der Waals surface area contributed by atoms with E-state index in [1.54, 1.807) is 33.4 Å². The lowest BCUT2D eigenvalue weighted by molar-refractivity contribution is 0.00468. The first-order chi connectivity index (χ1) is 39.8. The summed E-state index contributed by atoms with van der Waals surface area (Å²) in [6.45, 7) is 22.4. The molecule has 0 saturated carbocycles. The van der Waals surface area contributed by atoms with Gasteiger partial charge in [-0.05, 0) is 146 Å². The summed E-state index contributed by atoms with van der Waals surface area (Å²) in [7, 11) is 0. The SMILES string of the molecule is CC(C)(C)OC(=O)N(Cc1ccc2c(c1)OCCO2)C1CCN(CCn2c(=O)ccc3c(N)cccc32)CC1.CCNC(=O)Nc1cccc2c1ccc(=O)n2CCN1CCC(N(Cc2ccc3c(c2)OCCO3)C(=O)OC(C)(C)C)CC1. The van der Waals surface area contributed by atoms with E-state index in [0.717, 1.165) is 103 Å². The molecular weight excluding hydrogens is 1060 g/mol. The molecule has 0 spiro atoms. The van der Waals surface area contributed by atoms with Crippen LogP contribution in [0.15, 0.2) is 107 Å². The molecular formula is C63H81N9O11. The van der Waals surface area contributed by atoms with E-state index in [0.29, 0.717) is 88.6 Å². The number of benzene rings is 4. The number of anilines is 2. The number of nitrogens with zero attached hydrogens (tertiary/aromatic N) is 6. The second-order valence-electron chi connectivity index (χ2n) is 23.5. The molecule has 0 radical (unpaired) electrons. The van der Waals surface area contributed by atoms with E-state index < -0.39 is 11.2 Å². The fourth-order valence-corrected chi connectivity index (χ4v) is 11.1. The minimum Gasteiger partial charge on any atom is -0.486 e. The molecule has 4 N–H and O–H groups in total. The van der Waals surface area contributed by atoms with E-state index in [9.17, 15) is 24.0 Å². The molecule has 0 atom stereocenters. The maximum Gasteiger partial charge on any atom is 0.410 e. The van der Waals surface area contributed by atoms with Gasteiger partial charge >= 0.3 is 18.2 Å². The summed E-state index contributed by atoms with van der Waals surface area (Å²) in [5, 5.41) is 7.32. The Labute approximate surface area is 485 Å². The standard InChI is InChI=1S/C33H43N5O6.C30H38N4O5/c1-5-34-31(40)35-26-7-6-8-27-25(26)10-12-30(39)37(27)18-17-36-15-13-24(14-16-36)38(32(41)44-33(2,3)4)22-23-9-11-28-29(21-23)43-20-19-42-28;1-30(2,3)39-29(36)34(20-21-7-9-26-27(19-21)38-18-17-37-26)22-11-13-32(14-12-22)15-16-33-25-6-4-5-24(31)23(25)8-10-28(33)35/h6-12,21,24H,5,13-20,22H2,1-4H3,(H2,34,35,40);4-10,19,22H,11-18,20,31H2,1-3H3. The van der Waals surface area contributed by atoms with Crippen LogP contribution in [0.1, 0.15) is 85.3 Å². The van der Waals surface area contributed by atoms with E-state index in [2.05, 4.69) is 20.4 Å². The molecule has 4 aliphatic heterocycles. The summed E-state index contributed by atoms with van der Waals surface area (Å²) in [5.41, 5.74) is 9.71. The van der Waals surface area contributed by atoms with Gasteiger partial charge in [-0.15, -0.1) is 0 Å². The lowest BCUT2D eigenvalue weighted by Crippen LogP contribution is -2.49. The van der Waals surface area contributed by atoms with Crippen LogP contribution >= 0.6 is 0 Å². The first kappa shape index (κ1) is 59.6. The van der Waals surface area contributed by atoms with Gasteiger partial charge in [0.05, 0.1) is 16.7 Å². The minimum atomic E-state index is -0.607. The van der Waals surface area contributed by atoms with Crippen molar-refractivity contribution in [1.29, 1.82) is 0 Å². The van der Waals surface area contributed by atoms with E-state index in [1.165, 1.54) is 0 Å². The molecule has 0 bridgehead atoms. The van der Waals surface area contributed by atoms with Gasteiger partial charge in [0, 0.05) is 113 Å². The van der Waals surface area contributed by atoms with Crippen LogP contribution in [0.4, 0.5) is 25.8 Å². The Morgan fingerprint density at radius 1 is 0.566 bits per heavy atom. The summed E-state index contributed by atoms with van der Waals surface area (Å²) >= 11 is 0. The number of amides is 4. The fourth-order valence-electron chi connectivity index (χ4n) is 11.1. The van der Waals surface area contributed by atoms with Crippen molar-refractivity contribution in [3.8, 4) is 23.0 Å². The Hall–Kier alpha value is -7.97. The monoisotopic (exact) mass is 1140 g/mol. The van der Waals surface area contributed by atoms with Crippen molar-refractivity contribution in [2.75, 3.05) is 83.3 Å². The lowest BCUT2D eigenvalue weighted by Gasteiger charge is -2.39. The van der Waals surface area contributed by atoms with Gasteiger partial charge in [0.15, 0.2) is 23.0 Å². The number of pyridine rings is 2. The van der Waals surface area contributed by atoms with Gasteiger partial charge in [-0.3, -0.25) is 9.59 Å². The highest BCUT2D eigenvalue weighted by atomic mass is 16.6. The molecule has 444 valence electrons. The molecule has 0 aliphatic carbocycles. The first-order valence-electron chi connectivity index (χ1n) is 29.1. The molecule has 4 amide bonds. The Morgan fingerprint density at radius 2 is 1.00 bits per heavy atom. The summed E-state index contributed by atoms with van der Waals surface area (Å²) in [5.74, 6) is 2.86. The van der Waals surface area contributed by atoms with Gasteiger partial charge < -0.3 is 73.5 Å². The van der Waals surface area contributed by atoms with Crippen molar-refractivity contribution in [2.45, 2.75) is 124 Å². The number of piperidine rings is 2. The number of ether oxygens (including phenoxy) is 6. The zero-order chi connectivity index (χ0) is 58.8. The Kier molecular flexibility index (Phi) is 19.1. The summed E-state index contributed by atoms with van der Waals surface area (Å²) in [4.78, 5) is 72.8. The molecule has 2 aromatic heterocycles. The van der Waals surface area contributed by atoms with Crippen molar-refractivity contribution >= 4 is 51.4 Å². The number of carbonyl (C=O) groups is 3. The van der Waals surface area contributed by atoms with Gasteiger partial charge in [-0.1, -0.05) is 24.3 Å². The van der Waals surface area contributed by atoms with Crippen molar-refractivity contribution in [3.63, 3.8) is 0 Å². The fraction of sp³-hybridized carbons (Fsp3) is 0.476. The number of carbonyl (C=O) groups excluding carboxylic acids is 3. The lowest BCUT2D eigenvalue weighted by atomic mass is 10.0. The van der Waals surface area contributed by atoms with Crippen molar-refractivity contribution < 1.29 is 42.8 Å². The number of hydrogen-bond acceptors (Lipinski definition) is 14. The molecule has 10 rings (SSSR count). The maximum atomic E-state index is 13.4. The van der Waals surface area contributed by atoms with Crippen molar-refractivity contribution in [2.24, 2.45) is 0 Å². The predicted octanol–water partition coefficient (Wildman–Crippen LogP) is 9.07. The molecule has 0 unspecified atom stereocenters. The third-order valence-corrected chi connectivity index (χ3v) is 15.1. The first-order valence-corrected chi connectivity index (χ1v) is 29.1. The molecule has 4 aromatic carbocycles. The number of nitrogen functional groups attached to an aromatic ring is 1. The van der Waals surface area contributed by atoms with E-state index in [4.69, 9.17) is 34.2 Å². The summed E-state index contributed by atoms with van der Waals surface area (Å²) in [6.07, 6.45) is 2.58. The van der Waals surface area contributed by atoms with E-state index >= 15 is 0 Å². The summed E-state index contributed by atoms with van der Waals surface area (Å²) < 4.78 is 38.0. The number of hydrogen-bond donors (Lipinski definition) is 3. The molecule has 83 heavy (non-hydrogen) atoms. The van der Waals surface area contributed by atoms with Gasteiger partial charge in [0.1, 0.15) is 37.6 Å². The highest BCUT2D eigenvalue weighted by molar-refractivity contribution is 6.00. The molecule has 6 heterocycles. The zero-order valence-corrected chi connectivity index (χ0v) is 49.1. The number of likely N-dealkylation sites (tertiary alicyclic amines) is 2. The Bertz CT molecular complexity index is 3370. The van der Waals surface area contributed by atoms with Crippen LogP contribution in [0.2, 0.25) is 0 Å². The van der Waals surface area contributed by atoms with Crippen LogP contribution in [0.3, 0.4) is 0 Å². The third-order valence-electron chi connectivity index (χ3n) is 15.1. The number of urea groups is 1. The smallest absolute Gasteiger partial charge is 0.410 e. The van der Waals surface area contributed by atoms with E-state index in [1.807, 2.05) is 131 Å². The van der Waals surface area contributed by atoms with Crippen molar-refractivity contribution in [1.82, 2.24) is 34.1 Å². The highest BCUT2D eigenvalue weighted by Crippen LogP contribution is 2.34. The topological polar surface area (TPSA) is 214 Å². The highest BCUT2D eigenvalue weighted by Gasteiger charge is 2.34. The van der Waals surface area contributed by atoms with Gasteiger partial charge in [-0.25, -0.2) is 14.4 Å². The minimum absolute atomic E-state index is 0.0116. The van der Waals surface area contributed by atoms with Crippen LogP contribution in [0.25, 0.3) is 21.8 Å². The second kappa shape index (κ2) is 26.5. The normalized spacial score (nSPS) is 15.9. The Morgan fingerprint density at radius 3 is 1.46 bits per heavy atom. The quantitative estimate of drug-likeness (QED) is 0.0869. The number of aromatic nitrogens is 2. The predicted molar refractivity (Wildman–Crippen MR) is 321 cm³/mol. The average molecular weight is 1140 g/mol. The molecule has 4 aliphatic rings. The van der Waals surface area contributed by atoms with Gasteiger partial charge in [0.2, 0.25) is 0 Å². The third kappa shape index (κ3) is 15.6. The average Bonchev–Trinajstić information content (AvgIpc) is 3.66. The Balaban J connectivity index is 0.000000201. The van der Waals surface area contributed by atoms with Crippen LogP contribution < -0.4 is 46.4 Å². The zero-order valence-electron chi connectivity index (χ0n) is 49.1. The van der Waals surface area contributed by atoms with Crippen LogP contribution in [0, 0.1) is 0 Å². The van der Waals surface area contributed by atoms with Gasteiger partial charge in [0.25, 0.3) is 11.1 Å². The number of nitrogens with one attached hydrogen (secondary N) is 2. The van der Waals surface area contributed by atoms with Crippen LogP contribution in [0.5, 0.6) is 23.0 Å². The molecule has 6 aromatic rings. The van der Waals surface area contributed by atoms with Crippen LogP contribution in [-0.2, 0) is 35.7 Å². The maximum absolute atomic E-state index is 13.4.